The Hall–Kier alpha value is -0.370. The Bertz CT molecular complexity index is 679. The summed E-state index contributed by atoms with van der Waals surface area (Å²) in [6.07, 6.45) is 0. The van der Waals surface area contributed by atoms with Crippen LogP contribution in [0, 0.1) is 0 Å². The standard InChI is InChI=1S/C12H8Br3NO2S/c13-8-1-3-12(4-2-8)19(17,18)16-11-6-9(14)5-10(15)7-11/h1-7,16H. The fourth-order valence-corrected chi connectivity index (χ4v) is 4.04. The van der Waals surface area contributed by atoms with Crippen LogP contribution in [0.25, 0.3) is 0 Å². The van der Waals surface area contributed by atoms with Crippen molar-refractivity contribution in [3.63, 3.8) is 0 Å². The van der Waals surface area contributed by atoms with E-state index in [1.54, 1.807) is 36.4 Å². The zero-order chi connectivity index (χ0) is 14.0. The van der Waals surface area contributed by atoms with E-state index in [0.29, 0.717) is 5.69 Å². The van der Waals surface area contributed by atoms with Crippen LogP contribution in [0.15, 0.2) is 60.8 Å². The van der Waals surface area contributed by atoms with Crippen LogP contribution < -0.4 is 4.72 Å². The number of halogens is 3. The van der Waals surface area contributed by atoms with Gasteiger partial charge in [0.1, 0.15) is 0 Å². The van der Waals surface area contributed by atoms with Crippen molar-refractivity contribution in [2.24, 2.45) is 0 Å². The number of benzene rings is 2. The molecule has 3 nitrogen and oxygen atoms in total. The first-order valence-electron chi connectivity index (χ1n) is 5.11. The molecular weight excluding hydrogens is 462 g/mol. The van der Waals surface area contributed by atoms with E-state index in [1.165, 1.54) is 0 Å². The monoisotopic (exact) mass is 467 g/mol. The zero-order valence-corrected chi connectivity index (χ0v) is 15.0. The summed E-state index contributed by atoms with van der Waals surface area (Å²) >= 11 is 9.90. The molecule has 0 saturated carbocycles. The third-order valence-corrected chi connectivity index (χ3v) is 5.08. The summed E-state index contributed by atoms with van der Waals surface area (Å²) in [7, 11) is -3.58. The van der Waals surface area contributed by atoms with Crippen molar-refractivity contribution >= 4 is 63.5 Å². The van der Waals surface area contributed by atoms with Gasteiger partial charge in [-0.1, -0.05) is 47.8 Å². The van der Waals surface area contributed by atoms with Gasteiger partial charge in [0, 0.05) is 13.4 Å². The number of sulfonamides is 1. The molecule has 0 bridgehead atoms. The summed E-state index contributed by atoms with van der Waals surface area (Å²) in [6.45, 7) is 0. The van der Waals surface area contributed by atoms with Crippen LogP contribution in [0.4, 0.5) is 5.69 Å². The van der Waals surface area contributed by atoms with Crippen LogP contribution in [-0.2, 0) is 10.0 Å². The van der Waals surface area contributed by atoms with Crippen molar-refractivity contribution in [1.29, 1.82) is 0 Å². The van der Waals surface area contributed by atoms with Gasteiger partial charge in [0.15, 0.2) is 0 Å². The van der Waals surface area contributed by atoms with Crippen LogP contribution in [0.2, 0.25) is 0 Å². The fraction of sp³-hybridized carbons (Fsp3) is 0. The molecule has 0 radical (unpaired) electrons. The van der Waals surface area contributed by atoms with E-state index in [1.807, 2.05) is 6.07 Å². The van der Waals surface area contributed by atoms with Crippen molar-refractivity contribution in [2.45, 2.75) is 4.90 Å². The largest absolute Gasteiger partial charge is 0.280 e. The van der Waals surface area contributed by atoms with E-state index >= 15 is 0 Å². The highest BCUT2D eigenvalue weighted by molar-refractivity contribution is 9.11. The van der Waals surface area contributed by atoms with Gasteiger partial charge >= 0.3 is 0 Å². The van der Waals surface area contributed by atoms with Gasteiger partial charge in [0.25, 0.3) is 10.0 Å². The van der Waals surface area contributed by atoms with E-state index < -0.39 is 10.0 Å². The van der Waals surface area contributed by atoms with E-state index in [0.717, 1.165) is 13.4 Å². The Morgan fingerprint density at radius 2 is 1.32 bits per heavy atom. The second kappa shape index (κ2) is 5.95. The van der Waals surface area contributed by atoms with Crippen molar-refractivity contribution in [3.8, 4) is 0 Å². The molecule has 2 aromatic rings. The molecule has 2 aromatic carbocycles. The second-order valence-electron chi connectivity index (χ2n) is 3.72. The average molecular weight is 470 g/mol. The Balaban J connectivity index is 2.33. The van der Waals surface area contributed by atoms with Crippen molar-refractivity contribution in [3.05, 3.63) is 55.9 Å². The highest BCUT2D eigenvalue weighted by atomic mass is 79.9. The predicted octanol–water partition coefficient (Wildman–Crippen LogP) is 4.77. The first-order chi connectivity index (χ1) is 8.87. The lowest BCUT2D eigenvalue weighted by Gasteiger charge is -2.09. The third kappa shape index (κ3) is 4.05. The summed E-state index contributed by atoms with van der Waals surface area (Å²) in [5.41, 5.74) is 0.490. The van der Waals surface area contributed by atoms with Crippen LogP contribution in [-0.4, -0.2) is 8.42 Å². The van der Waals surface area contributed by atoms with Crippen molar-refractivity contribution in [1.82, 2.24) is 0 Å². The summed E-state index contributed by atoms with van der Waals surface area (Å²) in [4.78, 5) is 0.215. The first-order valence-corrected chi connectivity index (χ1v) is 8.97. The van der Waals surface area contributed by atoms with Crippen LogP contribution >= 0.6 is 47.8 Å². The Kier molecular flexibility index (Phi) is 4.70. The lowest BCUT2D eigenvalue weighted by atomic mass is 10.3. The van der Waals surface area contributed by atoms with Crippen molar-refractivity contribution < 1.29 is 8.42 Å². The Morgan fingerprint density at radius 1 is 0.789 bits per heavy atom. The number of nitrogens with one attached hydrogen (secondary N) is 1. The van der Waals surface area contributed by atoms with Crippen LogP contribution in [0.1, 0.15) is 0 Å². The topological polar surface area (TPSA) is 46.2 Å². The molecule has 100 valence electrons. The molecule has 0 spiro atoms. The highest BCUT2D eigenvalue weighted by Gasteiger charge is 2.14. The third-order valence-electron chi connectivity index (χ3n) is 2.24. The summed E-state index contributed by atoms with van der Waals surface area (Å²) in [6, 6.07) is 11.7. The van der Waals surface area contributed by atoms with E-state index in [4.69, 9.17) is 0 Å². The molecule has 7 heteroatoms. The molecule has 1 N–H and O–H groups in total. The smallest absolute Gasteiger partial charge is 0.261 e. The summed E-state index contributed by atoms with van der Waals surface area (Å²) in [5.74, 6) is 0. The Morgan fingerprint density at radius 3 is 1.84 bits per heavy atom. The minimum atomic E-state index is -3.58. The quantitative estimate of drug-likeness (QED) is 0.703. The zero-order valence-electron chi connectivity index (χ0n) is 9.40. The molecule has 0 unspecified atom stereocenters. The molecule has 0 amide bonds. The molecule has 0 aliphatic rings. The van der Waals surface area contributed by atoms with E-state index in [2.05, 4.69) is 52.5 Å². The number of rotatable bonds is 3. The lowest BCUT2D eigenvalue weighted by molar-refractivity contribution is 0.601. The molecular formula is C12H8Br3NO2S. The average Bonchev–Trinajstić information content (AvgIpc) is 2.27. The highest BCUT2D eigenvalue weighted by Crippen LogP contribution is 2.25. The summed E-state index contributed by atoms with van der Waals surface area (Å²) < 4.78 is 29.3. The van der Waals surface area contributed by atoms with Gasteiger partial charge < -0.3 is 0 Å². The van der Waals surface area contributed by atoms with Crippen LogP contribution in [0.3, 0.4) is 0 Å². The Labute approximate surface area is 136 Å². The number of hydrogen-bond acceptors (Lipinski definition) is 2. The van der Waals surface area contributed by atoms with Gasteiger partial charge in [-0.25, -0.2) is 8.42 Å². The maximum atomic E-state index is 12.2. The normalized spacial score (nSPS) is 11.3. The summed E-state index contributed by atoms with van der Waals surface area (Å²) in [5, 5.41) is 0. The molecule has 0 aliphatic carbocycles. The predicted molar refractivity (Wildman–Crippen MR) is 86.8 cm³/mol. The van der Waals surface area contributed by atoms with Gasteiger partial charge in [-0.2, -0.15) is 0 Å². The molecule has 0 atom stereocenters. The maximum Gasteiger partial charge on any atom is 0.261 e. The van der Waals surface area contributed by atoms with E-state index in [9.17, 15) is 8.42 Å². The molecule has 0 aromatic heterocycles. The fourth-order valence-electron chi connectivity index (χ4n) is 1.44. The minimum absolute atomic E-state index is 0.215. The van der Waals surface area contributed by atoms with E-state index in [-0.39, 0.29) is 4.90 Å². The molecule has 19 heavy (non-hydrogen) atoms. The lowest BCUT2D eigenvalue weighted by Crippen LogP contribution is -2.12. The SMILES string of the molecule is O=S(=O)(Nc1cc(Br)cc(Br)c1)c1ccc(Br)cc1. The number of hydrogen-bond donors (Lipinski definition) is 1. The second-order valence-corrected chi connectivity index (χ2v) is 8.15. The van der Waals surface area contributed by atoms with Crippen LogP contribution in [0.5, 0.6) is 0 Å². The number of anilines is 1. The molecule has 2 rings (SSSR count). The van der Waals surface area contributed by atoms with Gasteiger partial charge in [-0.15, -0.1) is 0 Å². The van der Waals surface area contributed by atoms with Gasteiger partial charge in [0.2, 0.25) is 0 Å². The van der Waals surface area contributed by atoms with Gasteiger partial charge in [-0.3, -0.25) is 4.72 Å². The first kappa shape index (κ1) is 15.0. The molecule has 0 heterocycles. The molecule has 0 aliphatic heterocycles. The van der Waals surface area contributed by atoms with Crippen molar-refractivity contribution in [2.75, 3.05) is 4.72 Å². The van der Waals surface area contributed by atoms with Gasteiger partial charge in [0.05, 0.1) is 10.6 Å². The minimum Gasteiger partial charge on any atom is -0.280 e. The maximum absolute atomic E-state index is 12.2. The van der Waals surface area contributed by atoms with Gasteiger partial charge in [-0.05, 0) is 42.5 Å². The molecule has 0 fully saturated rings. The molecule has 0 saturated heterocycles.